The van der Waals surface area contributed by atoms with E-state index in [1.165, 1.54) is 5.56 Å². The number of amides is 3. The highest BCUT2D eigenvalue weighted by atomic mass is 16.6. The third-order valence-corrected chi connectivity index (χ3v) is 13.6. The Morgan fingerprint density at radius 3 is 1.53 bits per heavy atom. The molecule has 21 heteroatoms. The number of fused-ring (bicyclic) bond motifs is 3. The average molecular weight is 1070 g/mol. The highest BCUT2D eigenvalue weighted by Crippen LogP contribution is 2.26. The topological polar surface area (TPSA) is 241 Å². The van der Waals surface area contributed by atoms with Gasteiger partial charge in [-0.2, -0.15) is 0 Å². The fourth-order valence-corrected chi connectivity index (χ4v) is 9.14. The Hall–Kier alpha value is -8.79. The number of imidazole rings is 3. The Bertz CT molecular complexity index is 3460. The Kier molecular flexibility index (Phi) is 17.0. The fraction of sp³-hybridized carbons (Fsp3) is 0.328. The van der Waals surface area contributed by atoms with Gasteiger partial charge >= 0.3 is 18.3 Å². The van der Waals surface area contributed by atoms with Gasteiger partial charge in [0.05, 0.1) is 56.0 Å². The van der Waals surface area contributed by atoms with Crippen LogP contribution in [0.4, 0.5) is 14.4 Å². The number of benzene rings is 3. The van der Waals surface area contributed by atoms with Crippen LogP contribution in [0, 0.1) is 27.7 Å². The van der Waals surface area contributed by atoms with Crippen LogP contribution in [0.2, 0.25) is 0 Å². The number of hydrogen-bond donors (Lipinski definition) is 3. The van der Waals surface area contributed by atoms with E-state index in [0.29, 0.717) is 93.5 Å². The van der Waals surface area contributed by atoms with Crippen LogP contribution in [0.15, 0.2) is 122 Å². The molecule has 0 saturated carbocycles. The van der Waals surface area contributed by atoms with E-state index in [-0.39, 0.29) is 56.4 Å². The van der Waals surface area contributed by atoms with Gasteiger partial charge in [0.25, 0.3) is 0 Å². The molecule has 3 aliphatic rings. The van der Waals surface area contributed by atoms with Crippen molar-refractivity contribution >= 4 is 51.8 Å². The molecule has 3 atom stereocenters. The molecule has 9 heterocycles. The third-order valence-electron chi connectivity index (χ3n) is 13.6. The van der Waals surface area contributed by atoms with E-state index in [2.05, 4.69) is 44.9 Å². The number of rotatable bonds is 9. The normalized spacial score (nSPS) is 17.4. The predicted molar refractivity (Wildman–Crippen MR) is 291 cm³/mol. The van der Waals surface area contributed by atoms with Crippen molar-refractivity contribution in [2.24, 2.45) is 0 Å². The van der Waals surface area contributed by atoms with Crippen molar-refractivity contribution in [3.63, 3.8) is 0 Å². The molecule has 0 spiro atoms. The van der Waals surface area contributed by atoms with Gasteiger partial charge in [-0.1, -0.05) is 83.9 Å². The number of ether oxygens (including phenoxy) is 6. The molecule has 12 rings (SSSR count). The Morgan fingerprint density at radius 1 is 0.494 bits per heavy atom. The molecule has 6 aromatic heterocycles. The van der Waals surface area contributed by atoms with E-state index in [0.717, 1.165) is 49.9 Å². The molecular weight excluding hydrogens is 1010 g/mol. The van der Waals surface area contributed by atoms with Crippen LogP contribution in [0.1, 0.15) is 74.7 Å². The molecule has 0 radical (unpaired) electrons. The lowest BCUT2D eigenvalue weighted by Crippen LogP contribution is -2.42. The van der Waals surface area contributed by atoms with Crippen molar-refractivity contribution in [1.29, 1.82) is 0 Å². The number of nitrogens with one attached hydrogen (secondary N) is 3. The smallest absolute Gasteiger partial charge is 0.410 e. The lowest BCUT2D eigenvalue weighted by molar-refractivity contribution is -0.0330. The number of H-pyrrole nitrogens is 3. The van der Waals surface area contributed by atoms with Crippen molar-refractivity contribution in [3.8, 4) is 0 Å². The minimum Gasteiger partial charge on any atom is -0.445 e. The second-order valence-corrected chi connectivity index (χ2v) is 19.4. The molecule has 3 N–H and O–H groups in total. The molecule has 21 nitrogen and oxygen atoms in total. The van der Waals surface area contributed by atoms with Crippen LogP contribution < -0.4 is 0 Å². The summed E-state index contributed by atoms with van der Waals surface area (Å²) >= 11 is 0. The lowest BCUT2D eigenvalue weighted by atomic mass is 10.1. The van der Waals surface area contributed by atoms with E-state index in [4.69, 9.17) is 28.4 Å². The van der Waals surface area contributed by atoms with Crippen molar-refractivity contribution in [2.45, 2.75) is 65.8 Å². The zero-order valence-electron chi connectivity index (χ0n) is 44.5. The molecule has 0 bridgehead atoms. The van der Waals surface area contributed by atoms with Gasteiger partial charge in [-0.05, 0) is 85.8 Å². The monoisotopic (exact) mass is 1070 g/mol. The number of nitrogens with zero attached hydrogens (tertiary/aromatic N) is 9. The molecule has 3 saturated heterocycles. The highest BCUT2D eigenvalue weighted by Gasteiger charge is 2.31. The highest BCUT2D eigenvalue weighted by molar-refractivity contribution is 5.75. The van der Waals surface area contributed by atoms with E-state index >= 15 is 0 Å². The number of hydrogen-bond acceptors (Lipinski definition) is 15. The van der Waals surface area contributed by atoms with Gasteiger partial charge in [0, 0.05) is 38.2 Å². The Labute approximate surface area is 455 Å². The molecule has 0 unspecified atom stereocenters. The van der Waals surface area contributed by atoms with Gasteiger partial charge in [0.2, 0.25) is 0 Å². The predicted octanol–water partition coefficient (Wildman–Crippen LogP) is 9.24. The van der Waals surface area contributed by atoms with Crippen molar-refractivity contribution in [2.75, 3.05) is 59.1 Å². The number of morpholine rings is 3. The van der Waals surface area contributed by atoms with Gasteiger partial charge in [-0.3, -0.25) is 0 Å². The van der Waals surface area contributed by atoms with E-state index < -0.39 is 0 Å². The van der Waals surface area contributed by atoms with Crippen molar-refractivity contribution in [1.82, 2.24) is 59.6 Å². The van der Waals surface area contributed by atoms with Crippen LogP contribution in [0.25, 0.3) is 33.5 Å². The summed E-state index contributed by atoms with van der Waals surface area (Å²) in [5.41, 5.74) is 12.0. The number of carbonyl (C=O) groups is 3. The number of carbonyl (C=O) groups excluding carboxylic acids is 3. The van der Waals surface area contributed by atoms with E-state index in [9.17, 15) is 14.4 Å². The first kappa shape index (κ1) is 53.6. The second kappa shape index (κ2) is 25.1. The first-order chi connectivity index (χ1) is 38.5. The standard InChI is InChI=1S/C20H22N4O3.2C19H20N4O3/c1-13-3-5-15(6-4-13)12-27-20(25)24-9-10-26-16(11-24)18-22-17-14(2)7-8-21-19(17)23-18;1-13-4-2-5-14(10-13)12-26-19(24)23-8-9-25-16(11-23)18-21-15-6-3-7-20-17(15)22-18;1-13-5-2-3-6-14(13)12-26-19(24)23-9-10-25-16(11-23)18-21-15-7-4-8-20-17(15)22-18/h3-8,16H,9-12H2,1-2H3,(H,21,22,23);2-7,10,16H,8-9,11-12H2,1H3,(H,20,21,22);2-8,16H,9-12H2,1H3,(H,20,21,22)/t3*16-/m000/s1. The van der Waals surface area contributed by atoms with Crippen LogP contribution in [0.5, 0.6) is 0 Å². The molecule has 408 valence electrons. The minimum atomic E-state index is -0.339. The average Bonchev–Trinajstić information content (AvgIpc) is 4.34. The van der Waals surface area contributed by atoms with Crippen molar-refractivity contribution < 1.29 is 42.8 Å². The largest absolute Gasteiger partial charge is 0.445 e. The van der Waals surface area contributed by atoms with E-state index in [1.54, 1.807) is 33.3 Å². The Morgan fingerprint density at radius 2 is 1.00 bits per heavy atom. The SMILES string of the molecule is Cc1ccc(COC(=O)N2CCO[C@H](c3nc4nccc(C)c4[nH]3)C2)cc1.Cc1cccc(COC(=O)N2CCO[C@H](c3nc4ncccc4[nH]3)C2)c1.Cc1ccccc1COC(=O)N1CCO[C@H](c2nc3ncccc3[nH]2)C1. The molecule has 3 aliphatic heterocycles. The fourth-order valence-electron chi connectivity index (χ4n) is 9.14. The molecule has 0 aliphatic carbocycles. The summed E-state index contributed by atoms with van der Waals surface area (Å²) in [7, 11) is 0. The van der Waals surface area contributed by atoms with Crippen LogP contribution in [0.3, 0.4) is 0 Å². The summed E-state index contributed by atoms with van der Waals surface area (Å²) < 4.78 is 33.8. The summed E-state index contributed by atoms with van der Waals surface area (Å²) in [6.45, 7) is 12.8. The third kappa shape index (κ3) is 13.7. The van der Waals surface area contributed by atoms with Crippen LogP contribution >= 0.6 is 0 Å². The second-order valence-electron chi connectivity index (χ2n) is 19.4. The van der Waals surface area contributed by atoms with Crippen LogP contribution in [-0.2, 0) is 48.2 Å². The number of aromatic nitrogens is 9. The summed E-state index contributed by atoms with van der Waals surface area (Å²) in [6, 6.07) is 33.2. The number of aromatic amines is 3. The van der Waals surface area contributed by atoms with Gasteiger partial charge in [0.15, 0.2) is 16.9 Å². The molecule has 3 aromatic carbocycles. The van der Waals surface area contributed by atoms with Gasteiger partial charge in [-0.15, -0.1) is 0 Å². The summed E-state index contributed by atoms with van der Waals surface area (Å²) in [5.74, 6) is 2.04. The first-order valence-corrected chi connectivity index (χ1v) is 26.2. The van der Waals surface area contributed by atoms with Crippen LogP contribution in [-0.4, -0.2) is 137 Å². The number of pyridine rings is 3. The van der Waals surface area contributed by atoms with Crippen molar-refractivity contribution in [3.05, 3.63) is 178 Å². The maximum atomic E-state index is 12.4. The molecule has 3 amide bonds. The molecule has 79 heavy (non-hydrogen) atoms. The summed E-state index contributed by atoms with van der Waals surface area (Å²) in [5, 5.41) is 0. The molecule has 3 fully saturated rings. The first-order valence-electron chi connectivity index (χ1n) is 26.2. The summed E-state index contributed by atoms with van der Waals surface area (Å²) in [4.78, 5) is 78.1. The maximum Gasteiger partial charge on any atom is 0.410 e. The molecule has 9 aromatic rings. The van der Waals surface area contributed by atoms with Gasteiger partial charge in [0.1, 0.15) is 55.6 Å². The van der Waals surface area contributed by atoms with Gasteiger partial charge in [-0.25, -0.2) is 44.3 Å². The summed E-state index contributed by atoms with van der Waals surface area (Å²) in [6.07, 6.45) is 3.17. The molecular formula is C58H62N12O9. The Balaban J connectivity index is 0.000000134. The maximum absolute atomic E-state index is 12.4. The zero-order chi connectivity index (χ0) is 54.7. The zero-order valence-corrected chi connectivity index (χ0v) is 44.5. The van der Waals surface area contributed by atoms with Gasteiger partial charge < -0.3 is 58.1 Å². The number of aryl methyl sites for hydroxylation is 4. The van der Waals surface area contributed by atoms with E-state index in [1.807, 2.05) is 131 Å². The lowest BCUT2D eigenvalue weighted by Gasteiger charge is -2.31. The quantitative estimate of drug-likeness (QED) is 0.114. The minimum absolute atomic E-state index is 0.259.